The molecular formula is C46H26O2S. The first-order valence-corrected chi connectivity index (χ1v) is 17.4. The van der Waals surface area contributed by atoms with Crippen molar-refractivity contribution in [2.24, 2.45) is 0 Å². The van der Waals surface area contributed by atoms with E-state index in [4.69, 9.17) is 8.83 Å². The van der Waals surface area contributed by atoms with Crippen LogP contribution in [-0.4, -0.2) is 0 Å². The SMILES string of the molecule is c1ccc(-c2c(-c3c4ccccc4c(-c4ccc5sc6ccccc6c5c4)c4ccccc34)oc3c2ccc2oc4ccccc4c23)cc1. The lowest BCUT2D eigenvalue weighted by molar-refractivity contribution is 0.636. The lowest BCUT2D eigenvalue weighted by Crippen LogP contribution is -1.91. The fourth-order valence-corrected chi connectivity index (χ4v) is 9.08. The Morgan fingerprint density at radius 1 is 0.347 bits per heavy atom. The van der Waals surface area contributed by atoms with Crippen molar-refractivity contribution in [2.45, 2.75) is 0 Å². The summed E-state index contributed by atoms with van der Waals surface area (Å²) in [7, 11) is 0. The quantitative estimate of drug-likeness (QED) is 0.179. The highest BCUT2D eigenvalue weighted by atomic mass is 32.1. The van der Waals surface area contributed by atoms with Gasteiger partial charge in [0.1, 0.15) is 22.5 Å². The summed E-state index contributed by atoms with van der Waals surface area (Å²) in [6.45, 7) is 0. The van der Waals surface area contributed by atoms with Crippen molar-refractivity contribution in [3.63, 3.8) is 0 Å². The average Bonchev–Trinajstić information content (AvgIpc) is 3.85. The molecule has 0 spiro atoms. The fraction of sp³-hybridized carbons (Fsp3) is 0. The zero-order chi connectivity index (χ0) is 32.1. The molecule has 0 atom stereocenters. The van der Waals surface area contributed by atoms with Gasteiger partial charge in [-0.3, -0.25) is 0 Å². The number of hydrogen-bond acceptors (Lipinski definition) is 3. The second kappa shape index (κ2) is 10.2. The second-order valence-electron chi connectivity index (χ2n) is 12.7. The van der Waals surface area contributed by atoms with E-state index in [0.29, 0.717) is 0 Å². The van der Waals surface area contributed by atoms with Gasteiger partial charge in [-0.05, 0) is 74.6 Å². The number of thiophene rings is 1. The number of fused-ring (bicyclic) bond motifs is 10. The Bertz CT molecular complexity index is 3050. The maximum atomic E-state index is 7.22. The van der Waals surface area contributed by atoms with Crippen LogP contribution in [0.5, 0.6) is 0 Å². The molecule has 11 aromatic rings. The molecule has 0 unspecified atom stereocenters. The summed E-state index contributed by atoms with van der Waals surface area (Å²) in [4.78, 5) is 0. The van der Waals surface area contributed by atoms with Gasteiger partial charge >= 0.3 is 0 Å². The maximum absolute atomic E-state index is 7.22. The summed E-state index contributed by atoms with van der Waals surface area (Å²) >= 11 is 1.86. The van der Waals surface area contributed by atoms with Crippen molar-refractivity contribution >= 4 is 86.0 Å². The smallest absolute Gasteiger partial charge is 0.147 e. The second-order valence-corrected chi connectivity index (χ2v) is 13.8. The molecule has 0 aliphatic heterocycles. The van der Waals surface area contributed by atoms with E-state index in [1.54, 1.807) is 0 Å². The predicted molar refractivity (Wildman–Crippen MR) is 208 cm³/mol. The summed E-state index contributed by atoms with van der Waals surface area (Å²) in [5, 5.41) is 10.5. The number of hydrogen-bond donors (Lipinski definition) is 0. The Kier molecular flexibility index (Phi) is 5.57. The third kappa shape index (κ3) is 3.82. The number of benzene rings is 8. The van der Waals surface area contributed by atoms with Gasteiger partial charge in [0, 0.05) is 42.1 Å². The van der Waals surface area contributed by atoms with Crippen LogP contribution < -0.4 is 0 Å². The molecule has 3 aromatic heterocycles. The molecule has 2 nitrogen and oxygen atoms in total. The van der Waals surface area contributed by atoms with Gasteiger partial charge in [-0.2, -0.15) is 0 Å². The van der Waals surface area contributed by atoms with E-state index in [0.717, 1.165) is 66.1 Å². The Hall–Kier alpha value is -6.16. The van der Waals surface area contributed by atoms with Crippen LogP contribution in [0.2, 0.25) is 0 Å². The van der Waals surface area contributed by atoms with E-state index in [-0.39, 0.29) is 0 Å². The molecule has 0 N–H and O–H groups in total. The molecule has 0 fully saturated rings. The first-order chi connectivity index (χ1) is 24.3. The minimum Gasteiger partial charge on any atom is -0.456 e. The first kappa shape index (κ1) is 26.9. The normalized spacial score (nSPS) is 12.1. The molecule has 0 bridgehead atoms. The molecule has 3 heterocycles. The van der Waals surface area contributed by atoms with Gasteiger partial charge in [0.25, 0.3) is 0 Å². The largest absolute Gasteiger partial charge is 0.456 e. The number of rotatable bonds is 3. The molecule has 11 rings (SSSR count). The lowest BCUT2D eigenvalue weighted by atomic mass is 9.86. The molecular weight excluding hydrogens is 617 g/mol. The van der Waals surface area contributed by atoms with Crippen LogP contribution in [0.1, 0.15) is 0 Å². The summed E-state index contributed by atoms with van der Waals surface area (Å²) in [5.41, 5.74) is 8.32. The van der Waals surface area contributed by atoms with Crippen LogP contribution in [0.3, 0.4) is 0 Å². The van der Waals surface area contributed by atoms with E-state index in [2.05, 4.69) is 146 Å². The highest BCUT2D eigenvalue weighted by Gasteiger charge is 2.26. The zero-order valence-corrected chi connectivity index (χ0v) is 27.1. The van der Waals surface area contributed by atoms with Crippen LogP contribution in [0.4, 0.5) is 0 Å². The topological polar surface area (TPSA) is 26.3 Å². The van der Waals surface area contributed by atoms with Gasteiger partial charge in [0.15, 0.2) is 0 Å². The molecule has 0 aliphatic carbocycles. The molecule has 228 valence electrons. The van der Waals surface area contributed by atoms with Crippen LogP contribution >= 0.6 is 11.3 Å². The maximum Gasteiger partial charge on any atom is 0.147 e. The number of para-hydroxylation sites is 1. The van der Waals surface area contributed by atoms with Crippen molar-refractivity contribution in [1.82, 2.24) is 0 Å². The Morgan fingerprint density at radius 3 is 1.71 bits per heavy atom. The minimum absolute atomic E-state index is 0.829. The van der Waals surface area contributed by atoms with Crippen LogP contribution in [0.25, 0.3) is 108 Å². The van der Waals surface area contributed by atoms with Crippen molar-refractivity contribution < 1.29 is 8.83 Å². The fourth-order valence-electron chi connectivity index (χ4n) is 8.00. The summed E-state index contributed by atoms with van der Waals surface area (Å²) < 4.78 is 16.2. The number of furan rings is 2. The first-order valence-electron chi connectivity index (χ1n) is 16.6. The van der Waals surface area contributed by atoms with Crippen molar-refractivity contribution in [1.29, 1.82) is 0 Å². The average molecular weight is 643 g/mol. The highest BCUT2D eigenvalue weighted by Crippen LogP contribution is 2.51. The van der Waals surface area contributed by atoms with E-state index in [1.807, 2.05) is 23.5 Å². The highest BCUT2D eigenvalue weighted by molar-refractivity contribution is 7.25. The Morgan fingerprint density at radius 2 is 0.959 bits per heavy atom. The van der Waals surface area contributed by atoms with E-state index >= 15 is 0 Å². The van der Waals surface area contributed by atoms with Gasteiger partial charge in [-0.1, -0.05) is 121 Å². The van der Waals surface area contributed by atoms with Crippen molar-refractivity contribution in [3.8, 4) is 33.6 Å². The van der Waals surface area contributed by atoms with Crippen molar-refractivity contribution in [2.75, 3.05) is 0 Å². The van der Waals surface area contributed by atoms with Gasteiger partial charge in [-0.15, -0.1) is 11.3 Å². The molecule has 3 heteroatoms. The third-order valence-electron chi connectivity index (χ3n) is 10.1. The minimum atomic E-state index is 0.829. The van der Waals surface area contributed by atoms with Crippen LogP contribution in [0.15, 0.2) is 167 Å². The molecule has 0 saturated carbocycles. The predicted octanol–water partition coefficient (Wildman–Crippen LogP) is 14.0. The van der Waals surface area contributed by atoms with Gasteiger partial charge in [0.2, 0.25) is 0 Å². The Balaban J connectivity index is 1.29. The van der Waals surface area contributed by atoms with Gasteiger partial charge in [0.05, 0.1) is 5.39 Å². The molecule has 0 radical (unpaired) electrons. The summed E-state index contributed by atoms with van der Waals surface area (Å²) in [6.07, 6.45) is 0. The summed E-state index contributed by atoms with van der Waals surface area (Å²) in [6, 6.07) is 56.5. The van der Waals surface area contributed by atoms with E-state index in [1.165, 1.54) is 42.1 Å². The van der Waals surface area contributed by atoms with Gasteiger partial charge < -0.3 is 8.83 Å². The van der Waals surface area contributed by atoms with Crippen molar-refractivity contribution in [3.05, 3.63) is 158 Å². The third-order valence-corrected chi connectivity index (χ3v) is 11.2. The molecule has 0 saturated heterocycles. The summed E-state index contributed by atoms with van der Waals surface area (Å²) in [5.74, 6) is 0.872. The van der Waals surface area contributed by atoms with Gasteiger partial charge in [-0.25, -0.2) is 0 Å². The molecule has 0 aliphatic rings. The molecule has 8 aromatic carbocycles. The molecule has 49 heavy (non-hydrogen) atoms. The monoisotopic (exact) mass is 642 g/mol. The Labute approximate surface area is 285 Å². The standard InChI is InChI=1S/C46H26O2S/c1-2-12-27(13-3-1)42-35-23-24-38-44(34-19-8-10-20-37(34)47-38)45(35)48-46(42)43-32-17-6-4-15-30(32)41(31-16-5-7-18-33(31)43)28-22-25-40-36(26-28)29-14-9-11-21-39(29)49-40/h1-26H. The van der Waals surface area contributed by atoms with E-state index in [9.17, 15) is 0 Å². The zero-order valence-electron chi connectivity index (χ0n) is 26.2. The van der Waals surface area contributed by atoms with E-state index < -0.39 is 0 Å². The van der Waals surface area contributed by atoms with Crippen LogP contribution in [-0.2, 0) is 0 Å². The lowest BCUT2D eigenvalue weighted by Gasteiger charge is -2.17. The molecule has 0 amide bonds. The van der Waals surface area contributed by atoms with Crippen LogP contribution in [0, 0.1) is 0 Å².